The minimum Gasteiger partial charge on any atom is -0.462 e. The first-order chi connectivity index (χ1) is 3.62. The molecule has 0 fully saturated rings. The quantitative estimate of drug-likeness (QED) is 0.308. The summed E-state index contributed by atoms with van der Waals surface area (Å²) in [7, 11) is 3.12. The first-order valence-corrected chi connectivity index (χ1v) is 2.62. The van der Waals surface area contributed by atoms with Gasteiger partial charge in [0.25, 0.3) is 6.47 Å². The average Bonchev–Trinajstić information content (AvgIpc) is 1.67. The Balaban J connectivity index is 3.70. The predicted octanol–water partition coefficient (Wildman–Crippen LogP) is 0.230. The molecule has 0 aromatic heterocycles. The summed E-state index contributed by atoms with van der Waals surface area (Å²) >= 11 is 0. The van der Waals surface area contributed by atoms with Crippen LogP contribution in [0.15, 0.2) is 12.7 Å². The molecular weight excluding hydrogens is 120 g/mol. The monoisotopic (exact) mass is 127 g/mol. The van der Waals surface area contributed by atoms with E-state index in [2.05, 4.69) is 21.6 Å². The van der Waals surface area contributed by atoms with E-state index in [-0.39, 0.29) is 0 Å². The van der Waals surface area contributed by atoms with Crippen LogP contribution in [-0.2, 0) is 9.53 Å². The molecule has 0 saturated carbocycles. The van der Waals surface area contributed by atoms with Gasteiger partial charge in [0.1, 0.15) is 5.22 Å². The van der Waals surface area contributed by atoms with Crippen LogP contribution in [-0.4, -0.2) is 21.9 Å². The highest BCUT2D eigenvalue weighted by Gasteiger charge is 2.11. The van der Waals surface area contributed by atoms with E-state index in [4.69, 9.17) is 0 Å². The van der Waals surface area contributed by atoms with Crippen LogP contribution >= 0.6 is 0 Å². The molecule has 0 spiro atoms. The van der Waals surface area contributed by atoms with Gasteiger partial charge in [0.15, 0.2) is 0 Å². The van der Waals surface area contributed by atoms with Gasteiger partial charge >= 0.3 is 0 Å². The van der Waals surface area contributed by atoms with E-state index in [0.29, 0.717) is 6.47 Å². The number of ether oxygens (including phenoxy) is 1. The van der Waals surface area contributed by atoms with Crippen molar-refractivity contribution in [2.75, 3.05) is 0 Å². The van der Waals surface area contributed by atoms with Crippen molar-refractivity contribution in [1.29, 1.82) is 0 Å². The summed E-state index contributed by atoms with van der Waals surface area (Å²) in [6.07, 6.45) is 1.48. The summed E-state index contributed by atoms with van der Waals surface area (Å²) in [4.78, 5) is 9.68. The molecule has 0 rings (SSSR count). The fraction of sp³-hybridized carbons (Fsp3) is 0.400. The lowest BCUT2D eigenvalue weighted by Crippen LogP contribution is -2.24. The van der Waals surface area contributed by atoms with Gasteiger partial charge in [0.2, 0.25) is 0 Å². The standard InChI is InChI=1S/C5H7O2Si/c1-3-5(2,8)7-4-6/h3-4H,1H2,2H3. The minimum absolute atomic E-state index is 0.370. The molecule has 0 bridgehead atoms. The second-order valence-corrected chi connectivity index (χ2v) is 2.52. The van der Waals surface area contributed by atoms with Crippen molar-refractivity contribution in [3.8, 4) is 0 Å². The summed E-state index contributed by atoms with van der Waals surface area (Å²) in [5, 5.41) is -0.707. The van der Waals surface area contributed by atoms with Gasteiger partial charge in [-0.2, -0.15) is 0 Å². The number of hydrogen-bond donors (Lipinski definition) is 0. The van der Waals surface area contributed by atoms with Gasteiger partial charge in [-0.25, -0.2) is 0 Å². The first-order valence-electron chi connectivity index (χ1n) is 2.12. The highest BCUT2D eigenvalue weighted by Crippen LogP contribution is 2.01. The van der Waals surface area contributed by atoms with Crippen molar-refractivity contribution in [2.24, 2.45) is 0 Å². The summed E-state index contributed by atoms with van der Waals surface area (Å²) < 4.78 is 4.49. The molecular formula is C5H7O2Si. The molecule has 0 aliphatic rings. The molecule has 0 N–H and O–H groups in total. The molecule has 0 aromatic rings. The number of rotatable bonds is 3. The Morgan fingerprint density at radius 3 is 2.50 bits per heavy atom. The third kappa shape index (κ3) is 2.57. The van der Waals surface area contributed by atoms with Crippen molar-refractivity contribution >= 4 is 16.7 Å². The van der Waals surface area contributed by atoms with E-state index in [0.717, 1.165) is 0 Å². The maximum absolute atomic E-state index is 9.68. The zero-order chi connectivity index (χ0) is 6.62. The Morgan fingerprint density at radius 2 is 2.38 bits per heavy atom. The molecule has 1 unspecified atom stereocenters. The van der Waals surface area contributed by atoms with Gasteiger partial charge in [0, 0.05) is 0 Å². The third-order valence-electron chi connectivity index (χ3n) is 0.682. The average molecular weight is 127 g/mol. The van der Waals surface area contributed by atoms with Crippen LogP contribution in [0.1, 0.15) is 6.92 Å². The van der Waals surface area contributed by atoms with Gasteiger partial charge < -0.3 is 4.74 Å². The maximum Gasteiger partial charge on any atom is 0.293 e. The highest BCUT2D eigenvalue weighted by molar-refractivity contribution is 6.16. The number of carbonyl (C=O) groups is 1. The molecule has 1 atom stereocenters. The van der Waals surface area contributed by atoms with E-state index < -0.39 is 5.22 Å². The summed E-state index contributed by atoms with van der Waals surface area (Å²) in [6.45, 7) is 5.46. The van der Waals surface area contributed by atoms with Crippen LogP contribution in [0, 0.1) is 0 Å². The zero-order valence-electron chi connectivity index (χ0n) is 4.68. The Morgan fingerprint density at radius 1 is 1.88 bits per heavy atom. The Labute approximate surface area is 52.0 Å². The number of hydrogen-bond acceptors (Lipinski definition) is 2. The first kappa shape index (κ1) is 7.43. The van der Waals surface area contributed by atoms with Gasteiger partial charge in [0.05, 0.1) is 10.2 Å². The second-order valence-electron chi connectivity index (χ2n) is 1.53. The third-order valence-corrected chi connectivity index (χ3v) is 1.00. The van der Waals surface area contributed by atoms with Crippen LogP contribution in [0.3, 0.4) is 0 Å². The predicted molar refractivity (Wildman–Crippen MR) is 31.5 cm³/mol. The number of carbonyl (C=O) groups excluding carboxylic acids is 1. The fourth-order valence-electron chi connectivity index (χ4n) is 0.148. The molecule has 0 aliphatic heterocycles. The highest BCUT2D eigenvalue weighted by atomic mass is 28.1. The summed E-state index contributed by atoms with van der Waals surface area (Å²) in [6, 6.07) is 0. The van der Waals surface area contributed by atoms with Crippen LogP contribution < -0.4 is 0 Å². The van der Waals surface area contributed by atoms with Gasteiger partial charge in [-0.15, -0.1) is 0 Å². The molecule has 8 heavy (non-hydrogen) atoms. The SMILES string of the molecule is C=CC(C)([Si])OC=O. The zero-order valence-corrected chi connectivity index (χ0v) is 5.68. The van der Waals surface area contributed by atoms with Crippen molar-refractivity contribution in [2.45, 2.75) is 12.1 Å². The van der Waals surface area contributed by atoms with Crippen LogP contribution in [0.4, 0.5) is 0 Å². The van der Waals surface area contributed by atoms with E-state index in [9.17, 15) is 4.79 Å². The van der Waals surface area contributed by atoms with Crippen molar-refractivity contribution in [3.63, 3.8) is 0 Å². The fourth-order valence-corrected chi connectivity index (χ4v) is 0.196. The molecule has 0 aliphatic carbocycles. The molecule has 0 amide bonds. The van der Waals surface area contributed by atoms with Crippen molar-refractivity contribution < 1.29 is 9.53 Å². The minimum atomic E-state index is -0.707. The Kier molecular flexibility index (Phi) is 2.47. The van der Waals surface area contributed by atoms with E-state index >= 15 is 0 Å². The Bertz CT molecular complexity index is 98.6. The maximum atomic E-state index is 9.68. The van der Waals surface area contributed by atoms with Crippen LogP contribution in [0.2, 0.25) is 0 Å². The van der Waals surface area contributed by atoms with Crippen LogP contribution in [0.5, 0.6) is 0 Å². The molecule has 0 heterocycles. The Hall–Kier alpha value is -0.573. The normalized spacial score (nSPS) is 16.2. The molecule has 0 saturated heterocycles. The van der Waals surface area contributed by atoms with Gasteiger partial charge in [-0.1, -0.05) is 12.7 Å². The van der Waals surface area contributed by atoms with E-state index in [1.807, 2.05) is 0 Å². The summed E-state index contributed by atoms with van der Waals surface area (Å²) in [5.41, 5.74) is 0. The molecule has 43 valence electrons. The largest absolute Gasteiger partial charge is 0.462 e. The van der Waals surface area contributed by atoms with Gasteiger partial charge in [-0.05, 0) is 6.92 Å². The van der Waals surface area contributed by atoms with E-state index in [1.165, 1.54) is 6.08 Å². The lowest BCUT2D eigenvalue weighted by atomic mass is 10.4. The summed E-state index contributed by atoms with van der Waals surface area (Å²) in [5.74, 6) is 0. The topological polar surface area (TPSA) is 26.3 Å². The lowest BCUT2D eigenvalue weighted by molar-refractivity contribution is -0.132. The molecule has 3 radical (unpaired) electrons. The molecule has 2 nitrogen and oxygen atoms in total. The van der Waals surface area contributed by atoms with Crippen molar-refractivity contribution in [3.05, 3.63) is 12.7 Å². The molecule has 3 heteroatoms. The van der Waals surface area contributed by atoms with Crippen LogP contribution in [0.25, 0.3) is 0 Å². The van der Waals surface area contributed by atoms with Crippen molar-refractivity contribution in [1.82, 2.24) is 0 Å². The smallest absolute Gasteiger partial charge is 0.293 e. The lowest BCUT2D eigenvalue weighted by Gasteiger charge is -2.15. The molecule has 0 aromatic carbocycles. The van der Waals surface area contributed by atoms with Gasteiger partial charge in [-0.3, -0.25) is 4.79 Å². The van der Waals surface area contributed by atoms with E-state index in [1.54, 1.807) is 6.92 Å². The second kappa shape index (κ2) is 2.67.